The fraction of sp³-hybridized carbons (Fsp3) is 0.125. The van der Waals surface area contributed by atoms with Crippen molar-refractivity contribution in [2.45, 2.75) is 17.6 Å². The van der Waals surface area contributed by atoms with Crippen molar-refractivity contribution in [1.82, 2.24) is 19.7 Å². The summed E-state index contributed by atoms with van der Waals surface area (Å²) in [4.78, 5) is 17.4. The van der Waals surface area contributed by atoms with E-state index in [0.717, 1.165) is 16.8 Å². The monoisotopic (exact) mass is 457 g/mol. The van der Waals surface area contributed by atoms with Crippen molar-refractivity contribution in [2.75, 3.05) is 5.75 Å². The summed E-state index contributed by atoms with van der Waals surface area (Å²) in [5, 5.41) is 21.2. The van der Waals surface area contributed by atoms with E-state index in [1.807, 2.05) is 70.6 Å². The summed E-state index contributed by atoms with van der Waals surface area (Å²) in [6.45, 7) is 4.33. The van der Waals surface area contributed by atoms with Crippen LogP contribution in [0.15, 0.2) is 83.9 Å². The van der Waals surface area contributed by atoms with Crippen LogP contribution < -0.4 is 0 Å². The Labute approximate surface area is 194 Å². The van der Waals surface area contributed by atoms with E-state index in [1.54, 1.807) is 6.08 Å². The Morgan fingerprint density at radius 3 is 2.47 bits per heavy atom. The summed E-state index contributed by atoms with van der Waals surface area (Å²) < 4.78 is 1.92. The second-order valence-corrected chi connectivity index (χ2v) is 8.66. The van der Waals surface area contributed by atoms with Gasteiger partial charge in [0.2, 0.25) is 0 Å². The normalized spacial score (nSPS) is 11.6. The topological polar surface area (TPSA) is 84.5 Å². The maximum absolute atomic E-state index is 12.9. The van der Waals surface area contributed by atoms with E-state index in [4.69, 9.17) is 0 Å². The van der Waals surface area contributed by atoms with Crippen LogP contribution in [0.1, 0.15) is 10.9 Å². The van der Waals surface area contributed by atoms with Gasteiger partial charge >= 0.3 is 0 Å². The van der Waals surface area contributed by atoms with Gasteiger partial charge in [-0.15, -0.1) is 28.1 Å². The summed E-state index contributed by atoms with van der Waals surface area (Å²) in [5.74, 6) is -0.303. The van der Waals surface area contributed by atoms with Crippen LogP contribution in [0, 0.1) is 11.3 Å². The number of aromatic nitrogens is 4. The zero-order valence-corrected chi connectivity index (χ0v) is 18.7. The van der Waals surface area contributed by atoms with Gasteiger partial charge in [0.25, 0.3) is 0 Å². The minimum atomic E-state index is -0.908. The number of carbonyl (C=O) groups excluding carboxylic acids is 1. The van der Waals surface area contributed by atoms with E-state index in [-0.39, 0.29) is 11.5 Å². The molecule has 4 rings (SSSR count). The molecule has 0 radical (unpaired) electrons. The second kappa shape index (κ2) is 10.2. The predicted molar refractivity (Wildman–Crippen MR) is 127 cm³/mol. The third-order valence-corrected chi connectivity index (χ3v) is 6.59. The summed E-state index contributed by atoms with van der Waals surface area (Å²) in [6.07, 6.45) is 1.76. The molecule has 0 spiro atoms. The fourth-order valence-corrected chi connectivity index (χ4v) is 4.88. The van der Waals surface area contributed by atoms with Crippen molar-refractivity contribution in [3.63, 3.8) is 0 Å². The smallest absolute Gasteiger partial charge is 0.192 e. The highest BCUT2D eigenvalue weighted by Crippen LogP contribution is 2.29. The lowest BCUT2D eigenvalue weighted by molar-refractivity contribution is -0.116. The lowest BCUT2D eigenvalue weighted by Gasteiger charge is -2.08. The Morgan fingerprint density at radius 2 is 1.81 bits per heavy atom. The number of thioether (sulfide) groups is 1. The Hall–Kier alpha value is -3.54. The molecule has 0 aliphatic rings. The number of allylic oxidation sites excluding steroid dienone is 1. The van der Waals surface area contributed by atoms with Crippen LogP contribution in [-0.4, -0.2) is 31.3 Å². The molecule has 2 heterocycles. The van der Waals surface area contributed by atoms with E-state index in [2.05, 4.69) is 27.8 Å². The van der Waals surface area contributed by atoms with Crippen LogP contribution >= 0.6 is 23.1 Å². The maximum Gasteiger partial charge on any atom is 0.192 e. The molecular weight excluding hydrogens is 438 g/mol. The van der Waals surface area contributed by atoms with Crippen LogP contribution in [0.25, 0.3) is 22.6 Å². The largest absolute Gasteiger partial charge is 0.298 e. The molecule has 8 heteroatoms. The molecule has 6 nitrogen and oxygen atoms in total. The molecule has 32 heavy (non-hydrogen) atoms. The lowest BCUT2D eigenvalue weighted by Crippen LogP contribution is -2.14. The van der Waals surface area contributed by atoms with Gasteiger partial charge in [0.05, 0.1) is 17.5 Å². The number of ketones is 1. The minimum Gasteiger partial charge on any atom is -0.298 e. The molecule has 158 valence electrons. The van der Waals surface area contributed by atoms with Crippen LogP contribution in [0.3, 0.4) is 0 Å². The number of benzene rings is 2. The van der Waals surface area contributed by atoms with Crippen LogP contribution in [0.2, 0.25) is 0 Å². The average Bonchev–Trinajstić information content (AvgIpc) is 3.47. The Balaban J connectivity index is 1.50. The van der Waals surface area contributed by atoms with E-state index in [0.29, 0.717) is 22.5 Å². The van der Waals surface area contributed by atoms with Gasteiger partial charge in [0, 0.05) is 23.1 Å². The summed E-state index contributed by atoms with van der Waals surface area (Å²) in [7, 11) is 0. The molecule has 1 unspecified atom stereocenters. The van der Waals surface area contributed by atoms with Crippen LogP contribution in [0.4, 0.5) is 0 Å². The van der Waals surface area contributed by atoms with Gasteiger partial charge in [-0.2, -0.15) is 5.26 Å². The van der Waals surface area contributed by atoms with Gasteiger partial charge in [0.1, 0.15) is 5.01 Å². The number of nitriles is 1. The second-order valence-electron chi connectivity index (χ2n) is 6.83. The van der Waals surface area contributed by atoms with E-state index in [1.165, 1.54) is 23.1 Å². The quantitative estimate of drug-likeness (QED) is 0.253. The number of Topliss-reactive ketones (excluding diaryl/α,β-unsaturated/α-hetero) is 1. The van der Waals surface area contributed by atoms with Gasteiger partial charge in [0.15, 0.2) is 22.7 Å². The first kappa shape index (κ1) is 21.7. The summed E-state index contributed by atoms with van der Waals surface area (Å²) in [5.41, 5.74) is 2.66. The standard InChI is InChI=1S/C24H19N5OS2/c1-2-13-29-22(18-11-7-4-8-12-18)27-28-24(29)32-16-21(30)19(14-25)23-26-20(15-31-23)17-9-5-3-6-10-17/h2-12,15,19H,1,13,16H2. The Morgan fingerprint density at radius 1 is 1.12 bits per heavy atom. The van der Waals surface area contributed by atoms with Crippen molar-refractivity contribution in [1.29, 1.82) is 5.26 Å². The number of hydrogen-bond acceptors (Lipinski definition) is 7. The number of thiazole rings is 1. The molecule has 0 saturated carbocycles. The molecule has 2 aromatic heterocycles. The van der Waals surface area contributed by atoms with Gasteiger partial charge in [-0.05, 0) is 0 Å². The Bertz CT molecular complexity index is 1260. The Kier molecular flexibility index (Phi) is 6.90. The van der Waals surface area contributed by atoms with Gasteiger partial charge in [-0.25, -0.2) is 4.98 Å². The first-order chi connectivity index (χ1) is 15.7. The highest BCUT2D eigenvalue weighted by molar-refractivity contribution is 7.99. The van der Waals surface area contributed by atoms with Crippen molar-refractivity contribution < 1.29 is 4.79 Å². The third kappa shape index (κ3) is 4.69. The van der Waals surface area contributed by atoms with Crippen molar-refractivity contribution in [3.8, 4) is 28.7 Å². The zero-order valence-electron chi connectivity index (χ0n) is 17.1. The van der Waals surface area contributed by atoms with Gasteiger partial charge < -0.3 is 0 Å². The SMILES string of the molecule is C=CCn1c(SCC(=O)C(C#N)c2nc(-c3ccccc3)cs2)nnc1-c1ccccc1. The first-order valence-electron chi connectivity index (χ1n) is 9.86. The van der Waals surface area contributed by atoms with Crippen molar-refractivity contribution in [3.05, 3.63) is 83.7 Å². The summed E-state index contributed by atoms with van der Waals surface area (Å²) >= 11 is 2.60. The number of nitrogens with zero attached hydrogens (tertiary/aromatic N) is 5. The molecule has 0 N–H and O–H groups in total. The highest BCUT2D eigenvalue weighted by atomic mass is 32.2. The molecule has 0 saturated heterocycles. The average molecular weight is 458 g/mol. The molecule has 0 fully saturated rings. The number of carbonyl (C=O) groups is 1. The molecule has 0 amide bonds. The van der Waals surface area contributed by atoms with Crippen molar-refractivity contribution >= 4 is 28.9 Å². The van der Waals surface area contributed by atoms with Gasteiger partial charge in [-0.3, -0.25) is 9.36 Å². The van der Waals surface area contributed by atoms with E-state index >= 15 is 0 Å². The van der Waals surface area contributed by atoms with Crippen molar-refractivity contribution in [2.24, 2.45) is 0 Å². The molecule has 2 aromatic carbocycles. The van der Waals surface area contributed by atoms with E-state index < -0.39 is 5.92 Å². The minimum absolute atomic E-state index is 0.0997. The third-order valence-electron chi connectivity index (χ3n) is 4.69. The maximum atomic E-state index is 12.9. The molecule has 0 bridgehead atoms. The molecule has 0 aliphatic heterocycles. The number of rotatable bonds is 9. The highest BCUT2D eigenvalue weighted by Gasteiger charge is 2.25. The van der Waals surface area contributed by atoms with Gasteiger partial charge in [-0.1, -0.05) is 78.5 Å². The number of hydrogen-bond donors (Lipinski definition) is 0. The van der Waals surface area contributed by atoms with Crippen LogP contribution in [-0.2, 0) is 11.3 Å². The first-order valence-corrected chi connectivity index (χ1v) is 11.7. The predicted octanol–water partition coefficient (Wildman–Crippen LogP) is 5.22. The van der Waals surface area contributed by atoms with Crippen LogP contribution in [0.5, 0.6) is 0 Å². The fourth-order valence-electron chi connectivity index (χ4n) is 3.14. The summed E-state index contributed by atoms with van der Waals surface area (Å²) in [6, 6.07) is 21.6. The molecule has 4 aromatic rings. The zero-order chi connectivity index (χ0) is 22.3. The molecule has 1 atom stereocenters. The molecule has 0 aliphatic carbocycles. The molecular formula is C24H19N5OS2. The van der Waals surface area contributed by atoms with E-state index in [9.17, 15) is 10.1 Å². The lowest BCUT2D eigenvalue weighted by atomic mass is 10.1.